The average molecular weight is 304 g/mol. The molecule has 1 unspecified atom stereocenters. The van der Waals surface area contributed by atoms with Gasteiger partial charge in [-0.3, -0.25) is 0 Å². The van der Waals surface area contributed by atoms with Crippen molar-refractivity contribution in [1.82, 2.24) is 0 Å². The van der Waals surface area contributed by atoms with Gasteiger partial charge in [-0.25, -0.2) is 5.26 Å². The van der Waals surface area contributed by atoms with Crippen molar-refractivity contribution in [3.63, 3.8) is 0 Å². The normalized spacial score (nSPS) is 11.7. The molecule has 0 bridgehead atoms. The van der Waals surface area contributed by atoms with Gasteiger partial charge in [0.05, 0.1) is 0 Å². The van der Waals surface area contributed by atoms with Gasteiger partial charge in [0, 0.05) is 0 Å². The number of nitriles is 1. The molecular formula is C20H23BNO. The van der Waals surface area contributed by atoms with Crippen LogP contribution < -0.4 is 4.74 Å². The van der Waals surface area contributed by atoms with Gasteiger partial charge in [0.15, 0.2) is 0 Å². The maximum Gasteiger partial charge on any atom is 0.258 e. The van der Waals surface area contributed by atoms with Crippen LogP contribution in [0.1, 0.15) is 31.4 Å². The minimum absolute atomic E-state index is 0.316. The molecule has 23 heavy (non-hydrogen) atoms. The Bertz CT molecular complexity index is 616. The highest BCUT2D eigenvalue weighted by Gasteiger charge is 2.13. The fraction of sp³-hybridized carbons (Fsp3) is 0.350. The molecule has 0 aromatic heterocycles. The third-order valence-corrected chi connectivity index (χ3v) is 3.75. The molecule has 0 saturated carbocycles. The molecule has 2 aromatic carbocycles. The SMILES string of the molecule is CC(C)CC([B]C#N)Cc1ccc(OCc2ccccc2)cc1. The van der Waals surface area contributed by atoms with Crippen LogP contribution in [0.3, 0.4) is 0 Å². The predicted molar refractivity (Wildman–Crippen MR) is 95.5 cm³/mol. The van der Waals surface area contributed by atoms with E-state index in [-0.39, 0.29) is 0 Å². The quantitative estimate of drug-likeness (QED) is 0.654. The largest absolute Gasteiger partial charge is 0.489 e. The van der Waals surface area contributed by atoms with Crippen molar-refractivity contribution in [3.8, 4) is 11.7 Å². The number of hydrogen-bond donors (Lipinski definition) is 0. The predicted octanol–water partition coefficient (Wildman–Crippen LogP) is 4.83. The molecule has 2 rings (SSSR count). The van der Waals surface area contributed by atoms with Crippen molar-refractivity contribution >= 4 is 7.28 Å². The van der Waals surface area contributed by atoms with Crippen LogP contribution in [-0.2, 0) is 13.0 Å². The Morgan fingerprint density at radius 3 is 2.30 bits per heavy atom. The molecular weight excluding hydrogens is 281 g/mol. The lowest BCUT2D eigenvalue weighted by Gasteiger charge is -2.15. The molecule has 0 fully saturated rings. The summed E-state index contributed by atoms with van der Waals surface area (Å²) in [5, 5.41) is 8.92. The van der Waals surface area contributed by atoms with Gasteiger partial charge in [-0.05, 0) is 47.4 Å². The fourth-order valence-corrected chi connectivity index (χ4v) is 2.69. The molecule has 2 nitrogen and oxygen atoms in total. The molecule has 0 amide bonds. The van der Waals surface area contributed by atoms with E-state index >= 15 is 0 Å². The van der Waals surface area contributed by atoms with E-state index in [4.69, 9.17) is 10.00 Å². The van der Waals surface area contributed by atoms with Crippen molar-refractivity contribution in [2.75, 3.05) is 0 Å². The second kappa shape index (κ2) is 9.05. The lowest BCUT2D eigenvalue weighted by atomic mass is 9.61. The van der Waals surface area contributed by atoms with Crippen molar-refractivity contribution < 1.29 is 4.74 Å². The van der Waals surface area contributed by atoms with Crippen LogP contribution in [0.2, 0.25) is 5.82 Å². The second-order valence-corrected chi connectivity index (χ2v) is 6.31. The van der Waals surface area contributed by atoms with Crippen LogP contribution in [-0.4, -0.2) is 7.28 Å². The lowest BCUT2D eigenvalue weighted by Crippen LogP contribution is -2.09. The third kappa shape index (κ3) is 6.20. The molecule has 1 radical (unpaired) electrons. The first-order chi connectivity index (χ1) is 11.2. The Balaban J connectivity index is 1.89. The van der Waals surface area contributed by atoms with Crippen LogP contribution >= 0.6 is 0 Å². The summed E-state index contributed by atoms with van der Waals surface area (Å²) in [5.74, 6) is 3.98. The summed E-state index contributed by atoms with van der Waals surface area (Å²) in [4.78, 5) is 0. The highest BCUT2D eigenvalue weighted by atomic mass is 16.5. The molecule has 0 spiro atoms. The first-order valence-corrected chi connectivity index (χ1v) is 8.16. The third-order valence-electron chi connectivity index (χ3n) is 3.75. The lowest BCUT2D eigenvalue weighted by molar-refractivity contribution is 0.306. The molecule has 0 aliphatic rings. The summed E-state index contributed by atoms with van der Waals surface area (Å²) >= 11 is 0. The van der Waals surface area contributed by atoms with Crippen molar-refractivity contribution in [2.24, 2.45) is 5.92 Å². The highest BCUT2D eigenvalue weighted by Crippen LogP contribution is 2.23. The maximum atomic E-state index is 8.92. The van der Waals surface area contributed by atoms with E-state index in [2.05, 4.69) is 44.1 Å². The number of ether oxygens (including phenoxy) is 1. The molecule has 0 aliphatic heterocycles. The summed E-state index contributed by atoms with van der Waals surface area (Å²) in [5.41, 5.74) is 2.41. The van der Waals surface area contributed by atoms with Crippen molar-refractivity contribution in [1.29, 1.82) is 5.26 Å². The van der Waals surface area contributed by atoms with E-state index < -0.39 is 0 Å². The maximum absolute atomic E-state index is 8.92. The van der Waals surface area contributed by atoms with Crippen LogP contribution in [0, 0.1) is 17.1 Å². The second-order valence-electron chi connectivity index (χ2n) is 6.31. The minimum atomic E-state index is 0.316. The van der Waals surface area contributed by atoms with Crippen LogP contribution in [0.5, 0.6) is 5.75 Å². The van der Waals surface area contributed by atoms with E-state index in [1.165, 1.54) is 5.56 Å². The molecule has 0 saturated heterocycles. The van der Waals surface area contributed by atoms with Crippen LogP contribution in [0.25, 0.3) is 0 Å². The zero-order chi connectivity index (χ0) is 16.5. The zero-order valence-corrected chi connectivity index (χ0v) is 13.9. The van der Waals surface area contributed by atoms with E-state index in [1.54, 1.807) is 7.28 Å². The highest BCUT2D eigenvalue weighted by molar-refractivity contribution is 6.46. The topological polar surface area (TPSA) is 33.0 Å². The van der Waals surface area contributed by atoms with Gasteiger partial charge >= 0.3 is 0 Å². The molecule has 1 atom stereocenters. The smallest absolute Gasteiger partial charge is 0.258 e. The Kier molecular flexibility index (Phi) is 6.75. The van der Waals surface area contributed by atoms with Crippen molar-refractivity contribution in [2.45, 2.75) is 39.1 Å². The van der Waals surface area contributed by atoms with E-state index in [9.17, 15) is 0 Å². The summed E-state index contributed by atoms with van der Waals surface area (Å²) in [6.07, 6.45) is 1.95. The van der Waals surface area contributed by atoms with E-state index in [1.807, 2.05) is 30.3 Å². The zero-order valence-electron chi connectivity index (χ0n) is 13.9. The molecule has 117 valence electrons. The van der Waals surface area contributed by atoms with Crippen LogP contribution in [0.15, 0.2) is 54.6 Å². The average Bonchev–Trinajstić information content (AvgIpc) is 2.55. The van der Waals surface area contributed by atoms with Gasteiger partial charge in [-0.1, -0.05) is 62.7 Å². The van der Waals surface area contributed by atoms with Gasteiger partial charge in [-0.15, -0.1) is 0 Å². The Morgan fingerprint density at radius 2 is 1.70 bits per heavy atom. The summed E-state index contributed by atoms with van der Waals surface area (Å²) in [6, 6.07) is 18.4. The molecule has 0 heterocycles. The summed E-state index contributed by atoms with van der Waals surface area (Å²) < 4.78 is 5.80. The van der Waals surface area contributed by atoms with E-state index in [0.717, 1.165) is 24.2 Å². The molecule has 0 N–H and O–H groups in total. The number of hydrogen-bond acceptors (Lipinski definition) is 2. The van der Waals surface area contributed by atoms with Gasteiger partial charge in [-0.2, -0.15) is 0 Å². The Hall–Kier alpha value is -2.21. The number of rotatable bonds is 8. The van der Waals surface area contributed by atoms with Gasteiger partial charge in [0.1, 0.15) is 12.4 Å². The number of nitrogens with zero attached hydrogens (tertiary/aromatic N) is 1. The van der Waals surface area contributed by atoms with Gasteiger partial charge in [0.25, 0.3) is 7.28 Å². The first-order valence-electron chi connectivity index (χ1n) is 8.16. The monoisotopic (exact) mass is 304 g/mol. The van der Waals surface area contributed by atoms with Gasteiger partial charge < -0.3 is 4.74 Å². The number of benzene rings is 2. The molecule has 3 heteroatoms. The molecule has 2 aromatic rings. The van der Waals surface area contributed by atoms with Crippen molar-refractivity contribution in [3.05, 3.63) is 65.7 Å². The first kappa shape index (κ1) is 17.2. The van der Waals surface area contributed by atoms with E-state index in [0.29, 0.717) is 18.3 Å². The van der Waals surface area contributed by atoms with Crippen LogP contribution in [0.4, 0.5) is 0 Å². The Morgan fingerprint density at radius 1 is 1.00 bits per heavy atom. The molecule has 0 aliphatic carbocycles. The van der Waals surface area contributed by atoms with Gasteiger partial charge in [0.2, 0.25) is 0 Å². The summed E-state index contributed by atoms with van der Waals surface area (Å²) in [7, 11) is 1.76. The summed E-state index contributed by atoms with van der Waals surface area (Å²) in [6.45, 7) is 4.97. The standard InChI is InChI=1S/C20H23BNO/c1-16(2)12-19(21-15-22)13-17-8-10-20(11-9-17)23-14-18-6-4-3-5-7-18/h3-11,16,19H,12-14H2,1-2H3. The minimum Gasteiger partial charge on any atom is -0.489 e. The Labute approximate surface area is 140 Å². The fourth-order valence-electron chi connectivity index (χ4n) is 2.69.